The number of sulfonamides is 1. The highest BCUT2D eigenvalue weighted by Crippen LogP contribution is 2.39. The number of ether oxygens (including phenoxy) is 2. The van der Waals surface area contributed by atoms with Crippen molar-refractivity contribution in [1.29, 1.82) is 0 Å². The maximum atomic E-state index is 14.5. The van der Waals surface area contributed by atoms with Gasteiger partial charge >= 0.3 is 11.8 Å². The fourth-order valence-corrected chi connectivity index (χ4v) is 6.38. The monoisotopic (exact) mass is 585 g/mol. The maximum absolute atomic E-state index is 14.5. The standard InChI is InChI=1S/C28H25ClFN3O6S/c1-17-5-3-6-21(13-17)40(35,36)33-16-20(11-12-37-27-31-28(34)39-32-27)38-25-10-9-19(15-24(25)33)14-18(2)26-22(29)7-4-8-23(26)30/h3-10,13-15,20H,11-12,16H2,1-2H3,(H,31,32,34)/b18-14+/t20-/m0/s1. The fourth-order valence-electron chi connectivity index (χ4n) is 4.46. The molecule has 4 aromatic rings. The largest absolute Gasteiger partial charge is 0.486 e. The summed E-state index contributed by atoms with van der Waals surface area (Å²) in [7, 11) is -3.98. The van der Waals surface area contributed by atoms with Crippen LogP contribution in [0.5, 0.6) is 11.8 Å². The van der Waals surface area contributed by atoms with Crippen molar-refractivity contribution in [1.82, 2.24) is 10.1 Å². The van der Waals surface area contributed by atoms with Crippen molar-refractivity contribution in [2.24, 2.45) is 0 Å². The highest BCUT2D eigenvalue weighted by atomic mass is 35.5. The molecule has 40 heavy (non-hydrogen) atoms. The summed E-state index contributed by atoms with van der Waals surface area (Å²) in [4.78, 5) is 13.6. The van der Waals surface area contributed by atoms with E-state index in [4.69, 9.17) is 21.1 Å². The van der Waals surface area contributed by atoms with Crippen molar-refractivity contribution in [2.75, 3.05) is 17.5 Å². The van der Waals surface area contributed by atoms with Crippen LogP contribution in [0.2, 0.25) is 5.02 Å². The molecule has 1 aliphatic heterocycles. The van der Waals surface area contributed by atoms with Gasteiger partial charge in [-0.2, -0.15) is 0 Å². The molecule has 0 fully saturated rings. The van der Waals surface area contributed by atoms with Gasteiger partial charge in [0.25, 0.3) is 10.0 Å². The molecule has 0 unspecified atom stereocenters. The van der Waals surface area contributed by atoms with E-state index in [-0.39, 0.29) is 34.6 Å². The van der Waals surface area contributed by atoms with E-state index in [1.165, 1.54) is 16.4 Å². The molecule has 5 rings (SSSR count). The summed E-state index contributed by atoms with van der Waals surface area (Å²) in [6.45, 7) is 3.65. The lowest BCUT2D eigenvalue weighted by Gasteiger charge is -2.35. The summed E-state index contributed by atoms with van der Waals surface area (Å²) < 4.78 is 59.5. The Morgan fingerprint density at radius 2 is 2.02 bits per heavy atom. The van der Waals surface area contributed by atoms with Crippen molar-refractivity contribution in [3.8, 4) is 11.8 Å². The predicted octanol–water partition coefficient (Wildman–Crippen LogP) is 5.45. The molecule has 0 bridgehead atoms. The van der Waals surface area contributed by atoms with Crippen LogP contribution in [-0.4, -0.2) is 37.8 Å². The minimum absolute atomic E-state index is 0.00720. The number of anilines is 1. The Balaban J connectivity index is 1.49. The number of rotatable bonds is 8. The van der Waals surface area contributed by atoms with Crippen LogP contribution in [0.25, 0.3) is 11.6 Å². The van der Waals surface area contributed by atoms with Crippen LogP contribution in [0.15, 0.2) is 74.9 Å². The molecule has 12 heteroatoms. The molecule has 0 radical (unpaired) electrons. The number of aromatic nitrogens is 2. The number of hydrogen-bond acceptors (Lipinski definition) is 7. The zero-order chi connectivity index (χ0) is 28.4. The molecule has 1 N–H and O–H groups in total. The first-order valence-corrected chi connectivity index (χ1v) is 14.2. The van der Waals surface area contributed by atoms with Crippen LogP contribution >= 0.6 is 11.6 Å². The van der Waals surface area contributed by atoms with Crippen LogP contribution in [0.1, 0.15) is 30.0 Å². The molecule has 1 aromatic heterocycles. The molecule has 0 amide bonds. The number of fused-ring (bicyclic) bond motifs is 1. The summed E-state index contributed by atoms with van der Waals surface area (Å²) in [5, 5.41) is 3.73. The third kappa shape index (κ3) is 5.75. The van der Waals surface area contributed by atoms with Gasteiger partial charge < -0.3 is 9.47 Å². The topological polar surface area (TPSA) is 115 Å². The van der Waals surface area contributed by atoms with Crippen molar-refractivity contribution in [3.05, 3.63) is 98.7 Å². The number of aromatic amines is 1. The summed E-state index contributed by atoms with van der Waals surface area (Å²) in [6, 6.07) is 16.2. The average molecular weight is 586 g/mol. The number of halogens is 2. The van der Waals surface area contributed by atoms with Crippen molar-refractivity contribution in [3.63, 3.8) is 0 Å². The second kappa shape index (κ2) is 11.2. The first-order chi connectivity index (χ1) is 19.1. The smallest absolute Gasteiger partial charge is 0.441 e. The van der Waals surface area contributed by atoms with Crippen LogP contribution in [0.3, 0.4) is 0 Å². The molecule has 9 nitrogen and oxygen atoms in total. The molecule has 208 valence electrons. The normalized spacial score (nSPS) is 15.4. The van der Waals surface area contributed by atoms with Gasteiger partial charge in [-0.25, -0.2) is 22.6 Å². The highest BCUT2D eigenvalue weighted by Gasteiger charge is 2.35. The van der Waals surface area contributed by atoms with Crippen molar-refractivity contribution < 1.29 is 26.8 Å². The molecular weight excluding hydrogens is 561 g/mol. The second-order valence-corrected chi connectivity index (χ2v) is 11.6. The molecule has 1 aliphatic rings. The van der Waals surface area contributed by atoms with Crippen molar-refractivity contribution in [2.45, 2.75) is 31.3 Å². The van der Waals surface area contributed by atoms with Gasteiger partial charge in [0.05, 0.1) is 28.8 Å². The number of benzene rings is 3. The molecule has 3 aromatic carbocycles. The molecule has 2 heterocycles. The minimum Gasteiger partial charge on any atom is -0.486 e. The van der Waals surface area contributed by atoms with Gasteiger partial charge in [-0.05, 0) is 72.1 Å². The van der Waals surface area contributed by atoms with E-state index in [1.807, 2.05) is 13.0 Å². The summed E-state index contributed by atoms with van der Waals surface area (Å²) in [5.41, 5.74) is 2.64. The van der Waals surface area contributed by atoms with Gasteiger partial charge in [-0.15, -0.1) is 0 Å². The first-order valence-electron chi connectivity index (χ1n) is 12.3. The molecule has 0 aliphatic carbocycles. The van der Waals surface area contributed by atoms with Gasteiger partial charge in [0, 0.05) is 12.0 Å². The SMILES string of the molecule is C/C(=C\c1ccc2c(c1)N(S(=O)(=O)c1cccc(C)c1)C[C@H](CCOc1noc(=O)[nH]1)O2)c1c(F)cccc1Cl. The highest BCUT2D eigenvalue weighted by molar-refractivity contribution is 7.92. The summed E-state index contributed by atoms with van der Waals surface area (Å²) >= 11 is 6.24. The van der Waals surface area contributed by atoms with E-state index >= 15 is 0 Å². The number of H-pyrrole nitrogens is 1. The number of aryl methyl sites for hydroxylation is 1. The quantitative estimate of drug-likeness (QED) is 0.273. The van der Waals surface area contributed by atoms with Gasteiger partial charge in [0.15, 0.2) is 0 Å². The molecule has 0 spiro atoms. The van der Waals surface area contributed by atoms with Crippen molar-refractivity contribution >= 4 is 39.0 Å². The Hall–Kier alpha value is -4.09. The van der Waals surface area contributed by atoms with E-state index in [0.29, 0.717) is 29.0 Å². The van der Waals surface area contributed by atoms with Crippen LogP contribution < -0.4 is 19.5 Å². The Morgan fingerprint density at radius 1 is 1.23 bits per heavy atom. The lowest BCUT2D eigenvalue weighted by molar-refractivity contribution is 0.155. The fraction of sp³-hybridized carbons (Fsp3) is 0.214. The summed E-state index contributed by atoms with van der Waals surface area (Å²) in [5.74, 6) is -0.836. The molecule has 1 atom stereocenters. The Bertz CT molecular complexity index is 1730. The van der Waals surface area contributed by atoms with Gasteiger partial charge in [-0.3, -0.25) is 8.83 Å². The average Bonchev–Trinajstić information content (AvgIpc) is 3.33. The van der Waals surface area contributed by atoms with E-state index in [2.05, 4.69) is 14.7 Å². The molecular formula is C28H25ClFN3O6S. The third-order valence-corrected chi connectivity index (χ3v) is 8.42. The van der Waals surface area contributed by atoms with E-state index in [9.17, 15) is 17.6 Å². The first kappa shape index (κ1) is 27.5. The van der Waals surface area contributed by atoms with Crippen LogP contribution in [0.4, 0.5) is 10.1 Å². The third-order valence-electron chi connectivity index (χ3n) is 6.33. The predicted molar refractivity (Wildman–Crippen MR) is 149 cm³/mol. The summed E-state index contributed by atoms with van der Waals surface area (Å²) in [6.07, 6.45) is 1.47. The second-order valence-electron chi connectivity index (χ2n) is 9.28. The van der Waals surface area contributed by atoms with Gasteiger partial charge in [-0.1, -0.05) is 41.9 Å². The zero-order valence-corrected chi connectivity index (χ0v) is 23.1. The minimum atomic E-state index is -3.98. The number of hydrogen-bond donors (Lipinski definition) is 1. The molecule has 0 saturated heterocycles. The molecule has 0 saturated carbocycles. The zero-order valence-electron chi connectivity index (χ0n) is 21.6. The lowest BCUT2D eigenvalue weighted by atomic mass is 10.0. The van der Waals surface area contributed by atoms with Gasteiger partial charge in [0.2, 0.25) is 0 Å². The maximum Gasteiger partial charge on any atom is 0.441 e. The van der Waals surface area contributed by atoms with E-state index in [1.54, 1.807) is 55.5 Å². The van der Waals surface area contributed by atoms with Crippen LogP contribution in [-0.2, 0) is 10.0 Å². The Labute approximate surface area is 234 Å². The van der Waals surface area contributed by atoms with Gasteiger partial charge in [0.1, 0.15) is 17.7 Å². The number of nitrogens with one attached hydrogen (secondary N) is 1. The number of nitrogens with zero attached hydrogens (tertiary/aromatic N) is 2. The Kier molecular flexibility index (Phi) is 7.68. The number of allylic oxidation sites excluding steroid dienone is 1. The van der Waals surface area contributed by atoms with E-state index < -0.39 is 27.7 Å². The van der Waals surface area contributed by atoms with E-state index in [0.717, 1.165) is 5.56 Å². The van der Waals surface area contributed by atoms with Crippen LogP contribution in [0, 0.1) is 12.7 Å². The Morgan fingerprint density at radius 3 is 2.75 bits per heavy atom. The lowest BCUT2D eigenvalue weighted by Crippen LogP contribution is -2.44.